The highest BCUT2D eigenvalue weighted by Gasteiger charge is 2.43. The van der Waals surface area contributed by atoms with Crippen LogP contribution in [0.2, 0.25) is 0 Å². The van der Waals surface area contributed by atoms with Crippen molar-refractivity contribution < 1.29 is 19.2 Å². The second-order valence-electron chi connectivity index (χ2n) is 4.10. The Morgan fingerprint density at radius 2 is 1.72 bits per heavy atom. The molecule has 92 valence electrons. The summed E-state index contributed by atoms with van der Waals surface area (Å²) in [7, 11) is 0. The molecule has 0 aromatic heterocycles. The van der Waals surface area contributed by atoms with E-state index in [2.05, 4.69) is 5.32 Å². The molecule has 0 bridgehead atoms. The highest BCUT2D eigenvalue weighted by atomic mass is 16.2. The van der Waals surface area contributed by atoms with Crippen LogP contribution in [0.4, 0.5) is 5.69 Å². The highest BCUT2D eigenvalue weighted by molar-refractivity contribution is 6.34. The van der Waals surface area contributed by atoms with Crippen LogP contribution in [0.15, 0.2) is 30.3 Å². The van der Waals surface area contributed by atoms with Crippen molar-refractivity contribution in [3.05, 3.63) is 30.3 Å². The summed E-state index contributed by atoms with van der Waals surface area (Å²) in [5.74, 6) is -3.12. The number of anilines is 1. The fourth-order valence-corrected chi connectivity index (χ4v) is 1.77. The maximum Gasteiger partial charge on any atom is 0.231 e. The van der Waals surface area contributed by atoms with Crippen LogP contribution in [0.3, 0.4) is 0 Å². The molecule has 1 aromatic carbocycles. The Bertz CT molecular complexity index is 507. The first-order valence-corrected chi connectivity index (χ1v) is 5.51. The van der Waals surface area contributed by atoms with Gasteiger partial charge in [-0.3, -0.25) is 19.2 Å². The van der Waals surface area contributed by atoms with Gasteiger partial charge < -0.3 is 5.32 Å². The Morgan fingerprint density at radius 3 is 2.28 bits per heavy atom. The van der Waals surface area contributed by atoms with Gasteiger partial charge in [-0.25, -0.2) is 0 Å². The van der Waals surface area contributed by atoms with Crippen LogP contribution in [0.1, 0.15) is 12.8 Å². The number of nitrogens with one attached hydrogen (secondary N) is 1. The van der Waals surface area contributed by atoms with Gasteiger partial charge in [-0.2, -0.15) is 0 Å². The lowest BCUT2D eigenvalue weighted by molar-refractivity contribution is -0.148. The van der Waals surface area contributed by atoms with E-state index in [0.29, 0.717) is 5.69 Å². The summed E-state index contributed by atoms with van der Waals surface area (Å²) in [6.45, 7) is 0. The van der Waals surface area contributed by atoms with E-state index in [9.17, 15) is 19.2 Å². The molecule has 1 N–H and O–H groups in total. The molecule has 1 aromatic rings. The molecule has 1 fully saturated rings. The maximum atomic E-state index is 11.5. The van der Waals surface area contributed by atoms with Gasteiger partial charge in [-0.1, -0.05) is 18.2 Å². The van der Waals surface area contributed by atoms with Crippen molar-refractivity contribution in [1.29, 1.82) is 0 Å². The van der Waals surface area contributed by atoms with Crippen LogP contribution in [0, 0.1) is 5.92 Å². The van der Waals surface area contributed by atoms with Crippen LogP contribution in [-0.4, -0.2) is 23.3 Å². The van der Waals surface area contributed by atoms with Crippen molar-refractivity contribution in [2.75, 3.05) is 5.32 Å². The predicted octanol–water partition coefficient (Wildman–Crippen LogP) is 0.742. The normalized spacial score (nSPS) is 15.1. The number of benzene rings is 1. The summed E-state index contributed by atoms with van der Waals surface area (Å²) >= 11 is 0. The summed E-state index contributed by atoms with van der Waals surface area (Å²) in [6.07, 6.45) is -0.631. The number of Topliss-reactive ketones (excluding diaryl/α,β-unsaturated/α-hetero) is 3. The Hall–Kier alpha value is -2.30. The Balaban J connectivity index is 1.90. The van der Waals surface area contributed by atoms with Crippen LogP contribution < -0.4 is 5.32 Å². The molecule has 0 heterocycles. The number of ketones is 3. The van der Waals surface area contributed by atoms with Crippen molar-refractivity contribution in [1.82, 2.24) is 0 Å². The van der Waals surface area contributed by atoms with Crippen LogP contribution in [0.25, 0.3) is 0 Å². The van der Waals surface area contributed by atoms with Crippen molar-refractivity contribution >= 4 is 28.9 Å². The van der Waals surface area contributed by atoms with Gasteiger partial charge in [0.15, 0.2) is 17.3 Å². The van der Waals surface area contributed by atoms with Gasteiger partial charge in [0.05, 0.1) is 12.8 Å². The van der Waals surface area contributed by atoms with E-state index in [1.165, 1.54) is 0 Å². The third-order valence-electron chi connectivity index (χ3n) is 2.71. The third kappa shape index (κ3) is 2.51. The molecule has 0 spiro atoms. The van der Waals surface area contributed by atoms with Gasteiger partial charge in [0.25, 0.3) is 0 Å². The first-order chi connectivity index (χ1) is 8.58. The Morgan fingerprint density at radius 1 is 1.11 bits per heavy atom. The first kappa shape index (κ1) is 12.2. The summed E-state index contributed by atoms with van der Waals surface area (Å²) in [5, 5.41) is 2.52. The van der Waals surface area contributed by atoms with E-state index in [1.807, 2.05) is 0 Å². The zero-order valence-electron chi connectivity index (χ0n) is 9.51. The zero-order valence-corrected chi connectivity index (χ0v) is 9.51. The van der Waals surface area contributed by atoms with Gasteiger partial charge in [0.2, 0.25) is 5.91 Å². The summed E-state index contributed by atoms with van der Waals surface area (Å²) < 4.78 is 0. The molecule has 1 aliphatic carbocycles. The van der Waals surface area contributed by atoms with Gasteiger partial charge in [0.1, 0.15) is 5.92 Å². The molecule has 5 nitrogen and oxygen atoms in total. The average Bonchev–Trinajstić information content (AvgIpc) is 2.29. The molecule has 0 unspecified atom stereocenters. The van der Waals surface area contributed by atoms with Crippen molar-refractivity contribution in [2.45, 2.75) is 12.8 Å². The molecule has 18 heavy (non-hydrogen) atoms. The van der Waals surface area contributed by atoms with Crippen LogP contribution >= 0.6 is 0 Å². The quantitative estimate of drug-likeness (QED) is 0.793. The van der Waals surface area contributed by atoms with Crippen molar-refractivity contribution in [2.24, 2.45) is 5.92 Å². The fourth-order valence-electron chi connectivity index (χ4n) is 1.77. The topological polar surface area (TPSA) is 80.3 Å². The molecule has 1 aliphatic rings. The molecule has 5 heteroatoms. The van der Waals surface area contributed by atoms with E-state index in [-0.39, 0.29) is 6.42 Å². The van der Waals surface area contributed by atoms with E-state index in [4.69, 9.17) is 0 Å². The number of carbonyl (C=O) groups excluding carboxylic acids is 4. The van der Waals surface area contributed by atoms with Crippen LogP contribution in [-0.2, 0) is 19.2 Å². The third-order valence-corrected chi connectivity index (χ3v) is 2.71. The number of para-hydroxylation sites is 1. The number of amides is 1. The minimum atomic E-state index is -1.20. The predicted molar refractivity (Wildman–Crippen MR) is 62.8 cm³/mol. The molecule has 1 amide bonds. The van der Waals surface area contributed by atoms with Gasteiger partial charge in [-0.15, -0.1) is 0 Å². The lowest BCUT2D eigenvalue weighted by Gasteiger charge is -2.20. The van der Waals surface area contributed by atoms with Gasteiger partial charge >= 0.3 is 0 Å². The molecule has 0 saturated heterocycles. The molecule has 0 radical (unpaired) electrons. The maximum absolute atomic E-state index is 11.5. The highest BCUT2D eigenvalue weighted by Crippen LogP contribution is 2.20. The van der Waals surface area contributed by atoms with Crippen molar-refractivity contribution in [3.63, 3.8) is 0 Å². The second-order valence-corrected chi connectivity index (χ2v) is 4.10. The minimum absolute atomic E-state index is 0.184. The zero-order chi connectivity index (χ0) is 13.1. The SMILES string of the molecule is O=C(CC(=O)C1C(=O)CC1=O)Nc1ccccc1. The summed E-state index contributed by atoms with van der Waals surface area (Å²) in [4.78, 5) is 45.2. The molecule has 1 saturated carbocycles. The Labute approximate surface area is 103 Å². The van der Waals surface area contributed by atoms with E-state index in [0.717, 1.165) is 0 Å². The van der Waals surface area contributed by atoms with Gasteiger partial charge in [-0.05, 0) is 12.1 Å². The molecular weight excluding hydrogens is 234 g/mol. The largest absolute Gasteiger partial charge is 0.326 e. The number of hydrogen-bond acceptors (Lipinski definition) is 4. The molecule has 2 rings (SSSR count). The van der Waals surface area contributed by atoms with E-state index in [1.54, 1.807) is 30.3 Å². The van der Waals surface area contributed by atoms with E-state index >= 15 is 0 Å². The van der Waals surface area contributed by atoms with Gasteiger partial charge in [0, 0.05) is 5.69 Å². The Kier molecular flexibility index (Phi) is 3.32. The van der Waals surface area contributed by atoms with Crippen molar-refractivity contribution in [3.8, 4) is 0 Å². The smallest absolute Gasteiger partial charge is 0.231 e. The standard InChI is InChI=1S/C13H11NO4/c15-9-6-10(16)13(9)11(17)7-12(18)14-8-4-2-1-3-5-8/h1-5,13H,6-7H2,(H,14,18). The summed E-state index contributed by atoms with van der Waals surface area (Å²) in [6, 6.07) is 8.66. The molecule has 0 atom stereocenters. The van der Waals surface area contributed by atoms with Crippen LogP contribution in [0.5, 0.6) is 0 Å². The number of hydrogen-bond donors (Lipinski definition) is 1. The first-order valence-electron chi connectivity index (χ1n) is 5.51. The number of carbonyl (C=O) groups is 4. The molecular formula is C13H11NO4. The van der Waals surface area contributed by atoms with E-state index < -0.39 is 35.6 Å². The lowest BCUT2D eigenvalue weighted by atomic mass is 9.78. The molecule has 0 aliphatic heterocycles. The lowest BCUT2D eigenvalue weighted by Crippen LogP contribution is -2.44. The monoisotopic (exact) mass is 245 g/mol. The summed E-state index contributed by atoms with van der Waals surface area (Å²) in [5.41, 5.74) is 0.571. The number of rotatable bonds is 4. The minimum Gasteiger partial charge on any atom is -0.326 e. The fraction of sp³-hybridized carbons (Fsp3) is 0.231. The average molecular weight is 245 g/mol. The second kappa shape index (κ2) is 4.91.